The van der Waals surface area contributed by atoms with E-state index < -0.39 is 5.97 Å². The van der Waals surface area contributed by atoms with Gasteiger partial charge >= 0.3 is 5.97 Å². The molecule has 1 N–H and O–H groups in total. The van der Waals surface area contributed by atoms with Crippen molar-refractivity contribution in [2.24, 2.45) is 0 Å². The summed E-state index contributed by atoms with van der Waals surface area (Å²) in [5, 5.41) is 0. The molecule has 1 unspecified atom stereocenters. The van der Waals surface area contributed by atoms with E-state index >= 15 is 0 Å². The lowest BCUT2D eigenvalue weighted by Crippen LogP contribution is -2.42. The predicted octanol–water partition coefficient (Wildman–Crippen LogP) is 3.55. The summed E-state index contributed by atoms with van der Waals surface area (Å²) >= 11 is 0. The first-order valence-corrected chi connectivity index (χ1v) is 9.34. The van der Waals surface area contributed by atoms with Crippen molar-refractivity contribution in [3.63, 3.8) is 0 Å². The van der Waals surface area contributed by atoms with E-state index in [4.69, 9.17) is 9.47 Å². The first kappa shape index (κ1) is 20.1. The zero-order valence-corrected chi connectivity index (χ0v) is 16.5. The number of ether oxygens (including phenoxy) is 2. The highest BCUT2D eigenvalue weighted by Crippen LogP contribution is 2.26. The van der Waals surface area contributed by atoms with Crippen LogP contribution >= 0.6 is 0 Å². The van der Waals surface area contributed by atoms with Gasteiger partial charge in [0.1, 0.15) is 17.6 Å². The van der Waals surface area contributed by atoms with E-state index in [1.807, 2.05) is 0 Å². The number of esters is 1. The van der Waals surface area contributed by atoms with Crippen molar-refractivity contribution in [1.29, 1.82) is 0 Å². The molecule has 0 spiro atoms. The molecule has 1 amide bonds. The number of carbonyl (C=O) groups is 2. The van der Waals surface area contributed by atoms with Crippen molar-refractivity contribution in [1.82, 2.24) is 9.88 Å². The number of aryl methyl sites for hydroxylation is 1. The Balaban J connectivity index is 1.80. The van der Waals surface area contributed by atoms with Gasteiger partial charge in [0.05, 0.1) is 24.8 Å². The molecule has 1 aliphatic rings. The number of aromatic nitrogens is 1. The molecule has 0 radical (unpaired) electrons. The molecule has 6 nitrogen and oxygen atoms in total. The van der Waals surface area contributed by atoms with Crippen LogP contribution in [-0.4, -0.2) is 47.6 Å². The summed E-state index contributed by atoms with van der Waals surface area (Å²) in [6.45, 7) is 8.24. The molecule has 3 rings (SSSR count). The molecular formula is C21H25FN2O4. The van der Waals surface area contributed by atoms with Gasteiger partial charge in [0, 0.05) is 12.2 Å². The summed E-state index contributed by atoms with van der Waals surface area (Å²) in [7, 11) is 0. The molecule has 1 atom stereocenters. The van der Waals surface area contributed by atoms with E-state index in [1.54, 1.807) is 44.7 Å². The van der Waals surface area contributed by atoms with Gasteiger partial charge in [0.2, 0.25) is 0 Å². The van der Waals surface area contributed by atoms with Gasteiger partial charge in [-0.15, -0.1) is 0 Å². The van der Waals surface area contributed by atoms with Crippen LogP contribution in [0.3, 0.4) is 0 Å². The van der Waals surface area contributed by atoms with Crippen molar-refractivity contribution < 1.29 is 23.5 Å². The second kappa shape index (κ2) is 8.14. The van der Waals surface area contributed by atoms with Crippen molar-refractivity contribution >= 4 is 11.9 Å². The fourth-order valence-corrected chi connectivity index (χ4v) is 3.41. The minimum atomic E-state index is -0.438. The van der Waals surface area contributed by atoms with Crippen LogP contribution in [0.15, 0.2) is 24.3 Å². The third-order valence-electron chi connectivity index (χ3n) is 4.79. The lowest BCUT2D eigenvalue weighted by molar-refractivity contribution is -0.0230. The van der Waals surface area contributed by atoms with Gasteiger partial charge in [0.25, 0.3) is 5.91 Å². The van der Waals surface area contributed by atoms with Crippen molar-refractivity contribution in [2.75, 3.05) is 19.7 Å². The fourth-order valence-electron chi connectivity index (χ4n) is 3.41. The van der Waals surface area contributed by atoms with Crippen LogP contribution in [0.25, 0.3) is 0 Å². The van der Waals surface area contributed by atoms with Crippen LogP contribution in [0.5, 0.6) is 0 Å². The molecule has 0 saturated carbocycles. The second-order valence-electron chi connectivity index (χ2n) is 7.24. The van der Waals surface area contributed by atoms with E-state index in [0.29, 0.717) is 42.2 Å². The van der Waals surface area contributed by atoms with Crippen molar-refractivity contribution in [3.8, 4) is 0 Å². The number of rotatable bonds is 4. The SMILES string of the molecule is Cc1[nH]c(C(=O)N2CCOC(c3ccc(F)cc3)C2)c(C)c1C(=O)OC(C)C. The maximum absolute atomic E-state index is 13.2. The second-order valence-corrected chi connectivity index (χ2v) is 7.24. The van der Waals surface area contributed by atoms with Gasteiger partial charge in [-0.05, 0) is 51.0 Å². The monoisotopic (exact) mass is 388 g/mol. The highest BCUT2D eigenvalue weighted by molar-refractivity contribution is 6.00. The number of hydrogen-bond acceptors (Lipinski definition) is 4. The minimum absolute atomic E-state index is 0.195. The molecule has 28 heavy (non-hydrogen) atoms. The number of amides is 1. The number of nitrogens with one attached hydrogen (secondary N) is 1. The Kier molecular flexibility index (Phi) is 5.84. The van der Waals surface area contributed by atoms with Crippen LogP contribution in [-0.2, 0) is 9.47 Å². The predicted molar refractivity (Wildman–Crippen MR) is 102 cm³/mol. The number of hydrogen-bond donors (Lipinski definition) is 1. The molecule has 7 heteroatoms. The first-order chi connectivity index (χ1) is 13.3. The Hall–Kier alpha value is -2.67. The standard InChI is InChI=1S/C21H25FN2O4/c1-12(2)28-21(26)18-13(3)19(23-14(18)4)20(25)24-9-10-27-17(11-24)15-5-7-16(22)8-6-15/h5-8,12,17,23H,9-11H2,1-4H3. The summed E-state index contributed by atoms with van der Waals surface area (Å²) in [5.41, 5.74) is 2.79. The molecule has 1 aliphatic heterocycles. The molecule has 2 heterocycles. The van der Waals surface area contributed by atoms with Gasteiger partial charge in [-0.2, -0.15) is 0 Å². The van der Waals surface area contributed by atoms with Crippen LogP contribution in [0.4, 0.5) is 4.39 Å². The zero-order valence-electron chi connectivity index (χ0n) is 16.5. The average molecular weight is 388 g/mol. The Morgan fingerprint density at radius 2 is 1.93 bits per heavy atom. The average Bonchev–Trinajstić information content (AvgIpc) is 2.95. The number of halogens is 1. The molecule has 0 aliphatic carbocycles. The molecule has 1 fully saturated rings. The number of H-pyrrole nitrogens is 1. The maximum Gasteiger partial charge on any atom is 0.340 e. The smallest absolute Gasteiger partial charge is 0.340 e. The number of morpholine rings is 1. The molecule has 150 valence electrons. The quantitative estimate of drug-likeness (QED) is 0.813. The maximum atomic E-state index is 13.2. The van der Waals surface area contributed by atoms with Crippen LogP contribution in [0.2, 0.25) is 0 Å². The minimum Gasteiger partial charge on any atom is -0.459 e. The molecular weight excluding hydrogens is 363 g/mol. The molecule has 2 aromatic rings. The highest BCUT2D eigenvalue weighted by atomic mass is 19.1. The van der Waals surface area contributed by atoms with Crippen molar-refractivity contribution in [2.45, 2.75) is 39.9 Å². The summed E-state index contributed by atoms with van der Waals surface area (Å²) in [5.74, 6) is -0.947. The Labute approximate surface area is 163 Å². The Morgan fingerprint density at radius 1 is 1.25 bits per heavy atom. The molecule has 1 aromatic heterocycles. The molecule has 1 aromatic carbocycles. The van der Waals surface area contributed by atoms with Crippen LogP contribution < -0.4 is 0 Å². The lowest BCUT2D eigenvalue weighted by Gasteiger charge is -2.33. The summed E-state index contributed by atoms with van der Waals surface area (Å²) in [6.07, 6.45) is -0.559. The van der Waals surface area contributed by atoms with E-state index in [1.165, 1.54) is 12.1 Å². The van der Waals surface area contributed by atoms with Gasteiger partial charge in [-0.25, -0.2) is 9.18 Å². The van der Waals surface area contributed by atoms with Gasteiger partial charge in [0.15, 0.2) is 0 Å². The Bertz CT molecular complexity index is 873. The van der Waals surface area contributed by atoms with Crippen molar-refractivity contribution in [3.05, 3.63) is 58.2 Å². The number of benzene rings is 1. The van der Waals surface area contributed by atoms with Gasteiger partial charge in [-0.1, -0.05) is 12.1 Å². The van der Waals surface area contributed by atoms with Gasteiger partial charge < -0.3 is 19.4 Å². The summed E-state index contributed by atoms with van der Waals surface area (Å²) < 4.78 is 24.2. The third kappa shape index (κ3) is 4.09. The Morgan fingerprint density at radius 3 is 2.57 bits per heavy atom. The van der Waals surface area contributed by atoms with Crippen LogP contribution in [0, 0.1) is 19.7 Å². The van der Waals surface area contributed by atoms with E-state index in [-0.39, 0.29) is 23.9 Å². The van der Waals surface area contributed by atoms with Crippen LogP contribution in [0.1, 0.15) is 57.6 Å². The normalized spacial score (nSPS) is 17.1. The number of nitrogens with zero attached hydrogens (tertiary/aromatic N) is 1. The van der Waals surface area contributed by atoms with E-state index in [9.17, 15) is 14.0 Å². The van der Waals surface area contributed by atoms with E-state index in [2.05, 4.69) is 4.98 Å². The summed E-state index contributed by atoms with van der Waals surface area (Å²) in [4.78, 5) is 30.2. The molecule has 0 bridgehead atoms. The zero-order chi connectivity index (χ0) is 20.4. The topological polar surface area (TPSA) is 71.6 Å². The van der Waals surface area contributed by atoms with Gasteiger partial charge in [-0.3, -0.25) is 4.79 Å². The molecule has 1 saturated heterocycles. The fraction of sp³-hybridized carbons (Fsp3) is 0.429. The number of carbonyl (C=O) groups excluding carboxylic acids is 2. The number of aromatic amines is 1. The first-order valence-electron chi connectivity index (χ1n) is 9.34. The van der Waals surface area contributed by atoms with E-state index in [0.717, 1.165) is 5.56 Å². The lowest BCUT2D eigenvalue weighted by atomic mass is 10.1. The highest BCUT2D eigenvalue weighted by Gasteiger charge is 2.30. The largest absolute Gasteiger partial charge is 0.459 e. The third-order valence-corrected chi connectivity index (χ3v) is 4.79. The summed E-state index contributed by atoms with van der Waals surface area (Å²) in [6, 6.07) is 6.09.